The lowest BCUT2D eigenvalue weighted by Crippen LogP contribution is -2.25. The Kier molecular flexibility index (Phi) is 5.94. The monoisotopic (exact) mass is 454 g/mol. The van der Waals surface area contributed by atoms with Crippen LogP contribution in [0.4, 0.5) is 0 Å². The molecule has 0 aromatic carbocycles. The fourth-order valence-corrected chi connectivity index (χ4v) is 3.70. The van der Waals surface area contributed by atoms with E-state index < -0.39 is 10.8 Å². The second-order valence-corrected chi connectivity index (χ2v) is 10.6. The van der Waals surface area contributed by atoms with E-state index in [1.165, 1.54) is 0 Å². The first-order valence-electron chi connectivity index (χ1n) is 11.5. The van der Waals surface area contributed by atoms with Gasteiger partial charge in [0.15, 0.2) is 0 Å². The molecule has 0 heterocycles. The summed E-state index contributed by atoms with van der Waals surface area (Å²) < 4.78 is 11.5. The zero-order valence-corrected chi connectivity index (χ0v) is 20.6. The fraction of sp³-hybridized carbons (Fsp3) is 0.267. The van der Waals surface area contributed by atoms with Crippen molar-refractivity contribution < 1.29 is 19.1 Å². The van der Waals surface area contributed by atoms with E-state index in [1.54, 1.807) is 0 Å². The number of fused-ring (bicyclic) bond motifs is 2. The molecule has 0 radical (unpaired) electrons. The summed E-state index contributed by atoms with van der Waals surface area (Å²) in [5.41, 5.74) is 4.48. The Morgan fingerprint density at radius 2 is 0.765 bits per heavy atom. The van der Waals surface area contributed by atoms with Gasteiger partial charge in [0.2, 0.25) is 0 Å². The maximum absolute atomic E-state index is 12.5. The highest BCUT2D eigenvalue weighted by Gasteiger charge is 2.28. The molecule has 0 saturated heterocycles. The van der Waals surface area contributed by atoms with Crippen LogP contribution < -0.4 is 9.47 Å². The molecule has 0 unspecified atom stereocenters. The third-order valence-electron chi connectivity index (χ3n) is 5.69. The summed E-state index contributed by atoms with van der Waals surface area (Å²) in [7, 11) is 0. The highest BCUT2D eigenvalue weighted by molar-refractivity contribution is 5.96. The summed E-state index contributed by atoms with van der Waals surface area (Å²) in [5.74, 6) is 0.545. The van der Waals surface area contributed by atoms with Gasteiger partial charge in [-0.2, -0.15) is 0 Å². The van der Waals surface area contributed by atoms with Crippen molar-refractivity contribution >= 4 is 11.9 Å². The summed E-state index contributed by atoms with van der Waals surface area (Å²) in [5, 5.41) is 0. The number of esters is 2. The molecule has 0 aromatic rings. The van der Waals surface area contributed by atoms with Crippen LogP contribution in [-0.4, -0.2) is 11.9 Å². The summed E-state index contributed by atoms with van der Waals surface area (Å²) in [4.78, 5) is 25.0. The smallest absolute Gasteiger partial charge is 0.316 e. The van der Waals surface area contributed by atoms with Gasteiger partial charge in [-0.05, 0) is 88.1 Å². The van der Waals surface area contributed by atoms with Crippen LogP contribution in [0.1, 0.15) is 41.5 Å². The lowest BCUT2D eigenvalue weighted by molar-refractivity contribution is -0.143. The second-order valence-electron chi connectivity index (χ2n) is 10.6. The van der Waals surface area contributed by atoms with Gasteiger partial charge in [-0.1, -0.05) is 48.5 Å². The number of hydrogen-bond acceptors (Lipinski definition) is 4. The quantitative estimate of drug-likeness (QED) is 0.301. The van der Waals surface area contributed by atoms with Crippen LogP contribution in [0.5, 0.6) is 11.5 Å². The molecule has 34 heavy (non-hydrogen) atoms. The number of rotatable bonds is 3. The number of carbonyl (C=O) groups excluding carboxylic acids is 2. The number of hydrogen-bond donors (Lipinski definition) is 0. The maximum Gasteiger partial charge on any atom is 0.316 e. The van der Waals surface area contributed by atoms with Gasteiger partial charge in [-0.15, -0.1) is 0 Å². The minimum atomic E-state index is -0.598. The van der Waals surface area contributed by atoms with Crippen molar-refractivity contribution in [3.63, 3.8) is 0 Å². The van der Waals surface area contributed by atoms with Gasteiger partial charge in [0.05, 0.1) is 10.8 Å². The molecule has 0 fully saturated rings. The molecule has 0 spiro atoms. The molecule has 0 N–H and O–H groups in total. The minimum Gasteiger partial charge on any atom is -0.425 e. The van der Waals surface area contributed by atoms with E-state index in [0.717, 1.165) is 33.4 Å². The largest absolute Gasteiger partial charge is 0.425 e. The Morgan fingerprint density at radius 3 is 1.09 bits per heavy atom. The first-order valence-corrected chi connectivity index (χ1v) is 11.5. The maximum atomic E-state index is 12.5. The van der Waals surface area contributed by atoms with E-state index in [0.29, 0.717) is 11.5 Å². The Hall–Kier alpha value is -3.66. The molecule has 0 bridgehead atoms. The fourth-order valence-electron chi connectivity index (χ4n) is 3.70. The van der Waals surface area contributed by atoms with Gasteiger partial charge in [-0.3, -0.25) is 9.59 Å². The van der Waals surface area contributed by atoms with Crippen LogP contribution >= 0.6 is 0 Å². The third-order valence-corrected chi connectivity index (χ3v) is 5.69. The van der Waals surface area contributed by atoms with E-state index in [9.17, 15) is 9.59 Å². The van der Waals surface area contributed by atoms with Crippen LogP contribution in [0.15, 0.2) is 72.8 Å². The first kappa shape index (κ1) is 23.5. The molecule has 4 heteroatoms. The van der Waals surface area contributed by atoms with Crippen molar-refractivity contribution in [3.8, 4) is 44.9 Å². The summed E-state index contributed by atoms with van der Waals surface area (Å²) in [6, 6.07) is 23.6. The van der Waals surface area contributed by atoms with Crippen molar-refractivity contribution in [2.45, 2.75) is 41.5 Å². The van der Waals surface area contributed by atoms with Crippen LogP contribution in [-0.2, 0) is 9.59 Å². The Labute approximate surface area is 201 Å². The van der Waals surface area contributed by atoms with Gasteiger partial charge in [0.1, 0.15) is 11.5 Å². The predicted molar refractivity (Wildman–Crippen MR) is 135 cm³/mol. The average molecular weight is 455 g/mol. The van der Waals surface area contributed by atoms with Gasteiger partial charge in [-0.25, -0.2) is 0 Å². The van der Waals surface area contributed by atoms with E-state index >= 15 is 0 Å². The average Bonchev–Trinajstić information content (AvgIpc) is 3.16. The number of carbonyl (C=O) groups is 2. The summed E-state index contributed by atoms with van der Waals surface area (Å²) in [6.07, 6.45) is 0. The van der Waals surface area contributed by atoms with Gasteiger partial charge in [0.25, 0.3) is 0 Å². The molecule has 174 valence electrons. The van der Waals surface area contributed by atoms with Crippen molar-refractivity contribution in [2.24, 2.45) is 10.8 Å². The molecule has 0 aromatic heterocycles. The zero-order chi connectivity index (χ0) is 24.7. The Morgan fingerprint density at radius 1 is 0.471 bits per heavy atom. The molecular formula is C30H30O4. The molecule has 0 atom stereocenters. The van der Waals surface area contributed by atoms with Crippen LogP contribution in [0, 0.1) is 10.8 Å². The highest BCUT2D eigenvalue weighted by atomic mass is 16.5. The van der Waals surface area contributed by atoms with Crippen molar-refractivity contribution in [2.75, 3.05) is 0 Å². The summed E-state index contributed by atoms with van der Waals surface area (Å²) in [6.45, 7) is 11.0. The van der Waals surface area contributed by atoms with Crippen LogP contribution in [0.2, 0.25) is 0 Å². The van der Waals surface area contributed by atoms with Gasteiger partial charge in [0, 0.05) is 11.1 Å². The molecule has 4 nitrogen and oxygen atoms in total. The molecular weight excluding hydrogens is 424 g/mol. The molecule has 4 aliphatic carbocycles. The lowest BCUT2D eigenvalue weighted by Gasteiger charge is -2.17. The second kappa shape index (κ2) is 8.60. The molecule has 0 aliphatic heterocycles. The first-order chi connectivity index (χ1) is 16.0. The van der Waals surface area contributed by atoms with Crippen LogP contribution in [0.3, 0.4) is 0 Å². The highest BCUT2D eigenvalue weighted by Crippen LogP contribution is 2.46. The molecule has 0 amide bonds. The minimum absolute atomic E-state index is 0.275. The lowest BCUT2D eigenvalue weighted by atomic mass is 9.95. The zero-order valence-electron chi connectivity index (χ0n) is 20.6. The molecule has 4 rings (SSSR count). The Balaban J connectivity index is 1.77. The van der Waals surface area contributed by atoms with Gasteiger partial charge >= 0.3 is 11.9 Å². The van der Waals surface area contributed by atoms with Crippen molar-refractivity contribution in [1.82, 2.24) is 0 Å². The van der Waals surface area contributed by atoms with Gasteiger partial charge < -0.3 is 9.47 Å². The topological polar surface area (TPSA) is 52.6 Å². The van der Waals surface area contributed by atoms with E-state index in [1.807, 2.05) is 102 Å². The standard InChI is InChI=1S/C30H30O4/c1-29(2,3)27(31)33-25-17-15-21-19(11-7-9-13-23(21)25)20-12-8-10-14-24-22(20)16-18-26(24)34-28(32)30(4,5)6/h7-18H,1-6H3. The summed E-state index contributed by atoms with van der Waals surface area (Å²) >= 11 is 0. The number of ether oxygens (including phenoxy) is 2. The molecule has 4 aliphatic rings. The van der Waals surface area contributed by atoms with Crippen LogP contribution in [0.25, 0.3) is 33.4 Å². The van der Waals surface area contributed by atoms with Crippen molar-refractivity contribution in [1.29, 1.82) is 0 Å². The van der Waals surface area contributed by atoms with E-state index in [4.69, 9.17) is 9.47 Å². The van der Waals surface area contributed by atoms with E-state index in [-0.39, 0.29) is 11.9 Å². The van der Waals surface area contributed by atoms with E-state index in [2.05, 4.69) is 12.1 Å². The van der Waals surface area contributed by atoms with Crippen molar-refractivity contribution in [3.05, 3.63) is 72.8 Å². The predicted octanol–water partition coefficient (Wildman–Crippen LogP) is 7.47. The Bertz CT molecular complexity index is 1200. The molecule has 0 saturated carbocycles. The third kappa shape index (κ3) is 4.54. The normalized spacial score (nSPS) is 12.1. The SMILES string of the molecule is CC(C)(C)C(=O)Oc1ccc2c(-c3ccccc4c(OC(=O)C(C)(C)C)ccc3-4)ccccc1-2.